The molecule has 0 aliphatic heterocycles. The lowest BCUT2D eigenvalue weighted by atomic mass is 10.2. The Balaban J connectivity index is 2.10. The predicted molar refractivity (Wildman–Crippen MR) is 88.5 cm³/mol. The average Bonchev–Trinajstić information content (AvgIpc) is 2.92. The summed E-state index contributed by atoms with van der Waals surface area (Å²) < 4.78 is 0.524. The standard InChI is InChI=1S/C15H12ClN3O2S/c1-17-13(20)7-12-18-10-6-11(22-14(10)15(21)19-12)8-4-2-3-5-9(8)16/h2-6H,7H2,1H3,(H,17,20)(H,18,19,21). The van der Waals surface area contributed by atoms with Crippen LogP contribution in [0.15, 0.2) is 35.1 Å². The van der Waals surface area contributed by atoms with Gasteiger partial charge >= 0.3 is 0 Å². The van der Waals surface area contributed by atoms with Gasteiger partial charge in [0, 0.05) is 22.5 Å². The van der Waals surface area contributed by atoms with E-state index in [4.69, 9.17) is 11.6 Å². The van der Waals surface area contributed by atoms with Crippen LogP contribution >= 0.6 is 22.9 Å². The molecule has 0 saturated heterocycles. The SMILES string of the molecule is CNC(=O)Cc1nc2cc(-c3ccccc3Cl)sc2c(=O)[nH]1. The number of halogens is 1. The van der Waals surface area contributed by atoms with Crippen LogP contribution < -0.4 is 10.9 Å². The zero-order chi connectivity index (χ0) is 15.7. The quantitative estimate of drug-likeness (QED) is 0.773. The summed E-state index contributed by atoms with van der Waals surface area (Å²) in [5, 5.41) is 3.13. The lowest BCUT2D eigenvalue weighted by Crippen LogP contribution is -2.23. The molecule has 3 rings (SSSR count). The van der Waals surface area contributed by atoms with Crippen LogP contribution in [-0.4, -0.2) is 22.9 Å². The normalized spacial score (nSPS) is 10.8. The molecular formula is C15H12ClN3O2S. The van der Waals surface area contributed by atoms with Crippen molar-refractivity contribution in [2.24, 2.45) is 0 Å². The third-order valence-corrected chi connectivity index (χ3v) is 4.66. The number of benzene rings is 1. The van der Waals surface area contributed by atoms with Crippen molar-refractivity contribution in [1.29, 1.82) is 0 Å². The topological polar surface area (TPSA) is 74.8 Å². The van der Waals surface area contributed by atoms with Crippen molar-refractivity contribution < 1.29 is 4.79 Å². The van der Waals surface area contributed by atoms with E-state index in [9.17, 15) is 9.59 Å². The van der Waals surface area contributed by atoms with Crippen LogP contribution in [0.3, 0.4) is 0 Å². The van der Waals surface area contributed by atoms with Crippen molar-refractivity contribution in [2.45, 2.75) is 6.42 Å². The van der Waals surface area contributed by atoms with Gasteiger partial charge < -0.3 is 10.3 Å². The Morgan fingerprint density at radius 1 is 1.41 bits per heavy atom. The van der Waals surface area contributed by atoms with Crippen molar-refractivity contribution in [2.75, 3.05) is 7.05 Å². The van der Waals surface area contributed by atoms with Crippen LogP contribution in [0.4, 0.5) is 0 Å². The highest BCUT2D eigenvalue weighted by Gasteiger charge is 2.13. The molecule has 5 nitrogen and oxygen atoms in total. The molecule has 22 heavy (non-hydrogen) atoms. The summed E-state index contributed by atoms with van der Waals surface area (Å²) in [6, 6.07) is 9.26. The minimum absolute atomic E-state index is 0.0406. The van der Waals surface area contributed by atoms with Gasteiger partial charge in [0.2, 0.25) is 5.91 Å². The number of hydrogen-bond acceptors (Lipinski definition) is 4. The van der Waals surface area contributed by atoms with Crippen molar-refractivity contribution >= 4 is 39.1 Å². The van der Waals surface area contributed by atoms with E-state index < -0.39 is 0 Å². The largest absolute Gasteiger partial charge is 0.359 e. The van der Waals surface area contributed by atoms with Crippen LogP contribution in [0, 0.1) is 0 Å². The van der Waals surface area contributed by atoms with Gasteiger partial charge in [-0.3, -0.25) is 9.59 Å². The number of thiophene rings is 1. The van der Waals surface area contributed by atoms with E-state index in [-0.39, 0.29) is 17.9 Å². The number of rotatable bonds is 3. The molecule has 2 heterocycles. The van der Waals surface area contributed by atoms with Gasteiger partial charge in [-0.05, 0) is 12.1 Å². The molecule has 0 atom stereocenters. The highest BCUT2D eigenvalue weighted by Crippen LogP contribution is 2.34. The number of fused-ring (bicyclic) bond motifs is 1. The molecule has 0 saturated carbocycles. The van der Waals surface area contributed by atoms with Gasteiger partial charge in [0.25, 0.3) is 5.56 Å². The van der Waals surface area contributed by atoms with E-state index in [2.05, 4.69) is 15.3 Å². The molecule has 3 aromatic rings. The van der Waals surface area contributed by atoms with Crippen molar-refractivity contribution in [3.05, 3.63) is 51.5 Å². The van der Waals surface area contributed by atoms with Crippen molar-refractivity contribution in [3.63, 3.8) is 0 Å². The van der Waals surface area contributed by atoms with E-state index in [1.54, 1.807) is 13.1 Å². The number of aromatic amines is 1. The van der Waals surface area contributed by atoms with E-state index in [1.165, 1.54) is 11.3 Å². The van der Waals surface area contributed by atoms with Crippen LogP contribution in [-0.2, 0) is 11.2 Å². The molecule has 0 bridgehead atoms. The first-order valence-electron chi connectivity index (χ1n) is 6.56. The van der Waals surface area contributed by atoms with E-state index in [1.807, 2.05) is 24.3 Å². The summed E-state index contributed by atoms with van der Waals surface area (Å²) in [5.41, 5.74) is 1.19. The molecule has 0 aliphatic carbocycles. The fourth-order valence-corrected chi connectivity index (χ4v) is 3.43. The number of amides is 1. The summed E-state index contributed by atoms with van der Waals surface area (Å²) in [7, 11) is 1.54. The monoisotopic (exact) mass is 333 g/mol. The maximum Gasteiger partial charge on any atom is 0.268 e. The van der Waals surface area contributed by atoms with Gasteiger partial charge in [-0.25, -0.2) is 4.98 Å². The Hall–Kier alpha value is -2.18. The first kappa shape index (κ1) is 14.7. The molecule has 7 heteroatoms. The zero-order valence-electron chi connectivity index (χ0n) is 11.6. The molecule has 2 N–H and O–H groups in total. The number of nitrogens with zero attached hydrogens (tertiary/aromatic N) is 1. The van der Waals surface area contributed by atoms with Crippen molar-refractivity contribution in [1.82, 2.24) is 15.3 Å². The lowest BCUT2D eigenvalue weighted by Gasteiger charge is -1.99. The van der Waals surface area contributed by atoms with Crippen LogP contribution in [0.2, 0.25) is 5.02 Å². The van der Waals surface area contributed by atoms with E-state index in [0.717, 1.165) is 10.4 Å². The Kier molecular flexibility index (Phi) is 3.96. The molecule has 1 amide bonds. The molecule has 0 spiro atoms. The highest BCUT2D eigenvalue weighted by atomic mass is 35.5. The second-order valence-corrected chi connectivity index (χ2v) is 6.13. The van der Waals surface area contributed by atoms with Crippen LogP contribution in [0.1, 0.15) is 5.82 Å². The number of hydrogen-bond donors (Lipinski definition) is 2. The first-order chi connectivity index (χ1) is 10.6. The van der Waals surface area contributed by atoms with Gasteiger partial charge in [-0.1, -0.05) is 29.8 Å². The zero-order valence-corrected chi connectivity index (χ0v) is 13.2. The van der Waals surface area contributed by atoms with E-state index >= 15 is 0 Å². The number of H-pyrrole nitrogens is 1. The van der Waals surface area contributed by atoms with Gasteiger partial charge in [-0.2, -0.15) is 0 Å². The van der Waals surface area contributed by atoms with Crippen LogP contribution in [0.5, 0.6) is 0 Å². The van der Waals surface area contributed by atoms with Crippen molar-refractivity contribution in [3.8, 4) is 10.4 Å². The summed E-state index contributed by atoms with van der Waals surface area (Å²) in [6.07, 6.45) is 0.0406. The predicted octanol–water partition coefficient (Wildman–Crippen LogP) is 2.59. The number of nitrogens with one attached hydrogen (secondary N) is 2. The van der Waals surface area contributed by atoms with Crippen LogP contribution in [0.25, 0.3) is 20.7 Å². The summed E-state index contributed by atoms with van der Waals surface area (Å²) >= 11 is 7.53. The third-order valence-electron chi connectivity index (χ3n) is 3.18. The molecule has 2 aromatic heterocycles. The first-order valence-corrected chi connectivity index (χ1v) is 7.76. The number of carbonyl (C=O) groups is 1. The Morgan fingerprint density at radius 2 is 2.18 bits per heavy atom. The second kappa shape index (κ2) is 5.90. The smallest absolute Gasteiger partial charge is 0.268 e. The van der Waals surface area contributed by atoms with Gasteiger partial charge in [0.05, 0.1) is 11.9 Å². The van der Waals surface area contributed by atoms with Gasteiger partial charge in [0.1, 0.15) is 10.5 Å². The molecule has 0 radical (unpaired) electrons. The molecular weight excluding hydrogens is 322 g/mol. The number of carbonyl (C=O) groups excluding carboxylic acids is 1. The molecule has 0 aliphatic rings. The summed E-state index contributed by atoms with van der Waals surface area (Å²) in [4.78, 5) is 31.4. The Labute approximate surface area is 135 Å². The second-order valence-electron chi connectivity index (χ2n) is 4.67. The number of aromatic nitrogens is 2. The molecule has 112 valence electrons. The minimum atomic E-state index is -0.243. The Morgan fingerprint density at radius 3 is 2.91 bits per heavy atom. The molecule has 0 unspecified atom stereocenters. The highest BCUT2D eigenvalue weighted by molar-refractivity contribution is 7.22. The van der Waals surface area contributed by atoms with Gasteiger partial charge in [0.15, 0.2) is 0 Å². The maximum atomic E-state index is 12.1. The average molecular weight is 334 g/mol. The van der Waals surface area contributed by atoms with E-state index in [0.29, 0.717) is 21.1 Å². The lowest BCUT2D eigenvalue weighted by molar-refractivity contribution is -0.120. The molecule has 0 fully saturated rings. The third kappa shape index (κ3) is 2.75. The molecule has 1 aromatic carbocycles. The minimum Gasteiger partial charge on any atom is -0.359 e. The maximum absolute atomic E-state index is 12.1. The van der Waals surface area contributed by atoms with Gasteiger partial charge in [-0.15, -0.1) is 11.3 Å². The summed E-state index contributed by atoms with van der Waals surface area (Å²) in [5.74, 6) is 0.143. The fraction of sp³-hybridized carbons (Fsp3) is 0.133. The summed E-state index contributed by atoms with van der Waals surface area (Å²) in [6.45, 7) is 0. The number of likely N-dealkylation sites (N-methyl/N-ethyl adjacent to an activating group) is 1. The Bertz CT molecular complexity index is 917. The fourth-order valence-electron chi connectivity index (χ4n) is 2.11.